The van der Waals surface area contributed by atoms with Crippen LogP contribution in [0.3, 0.4) is 0 Å². The number of hydrogen-bond donors (Lipinski definition) is 0. The number of methoxy groups -OCH3 is 1. The van der Waals surface area contributed by atoms with Gasteiger partial charge in [-0.15, -0.1) is 11.3 Å². The number of thiophene rings is 1. The second-order valence-corrected chi connectivity index (χ2v) is 6.96. The molecule has 0 aromatic carbocycles. The summed E-state index contributed by atoms with van der Waals surface area (Å²) in [7, 11) is 1.58. The number of hydrogen-bond acceptors (Lipinski definition) is 5. The van der Waals surface area contributed by atoms with E-state index in [2.05, 4.69) is 0 Å². The molecule has 0 bridgehead atoms. The van der Waals surface area contributed by atoms with Crippen LogP contribution in [0.15, 0.2) is 9.59 Å². The highest BCUT2D eigenvalue weighted by Crippen LogP contribution is 2.30. The average molecular weight is 336 g/mol. The molecular weight excluding hydrogens is 316 g/mol. The number of ether oxygens (including phenoxy) is 1. The summed E-state index contributed by atoms with van der Waals surface area (Å²) in [5.74, 6) is 0. The average Bonchev–Trinajstić information content (AvgIpc) is 3.15. The van der Waals surface area contributed by atoms with Crippen molar-refractivity contribution in [3.8, 4) is 0 Å². The number of rotatable bonds is 5. The van der Waals surface area contributed by atoms with Gasteiger partial charge in [0.25, 0.3) is 5.56 Å². The molecule has 23 heavy (non-hydrogen) atoms. The lowest BCUT2D eigenvalue weighted by Crippen LogP contribution is -2.42. The lowest BCUT2D eigenvalue weighted by Gasteiger charge is -2.16. The van der Waals surface area contributed by atoms with Crippen LogP contribution in [0.5, 0.6) is 0 Å². The van der Waals surface area contributed by atoms with E-state index in [1.165, 1.54) is 15.9 Å². The van der Waals surface area contributed by atoms with Gasteiger partial charge in [0.2, 0.25) is 0 Å². The lowest BCUT2D eigenvalue weighted by molar-refractivity contribution is 0.112. The van der Waals surface area contributed by atoms with E-state index in [0.717, 1.165) is 32.0 Å². The van der Waals surface area contributed by atoms with Crippen molar-refractivity contribution in [2.24, 2.45) is 0 Å². The molecule has 0 N–H and O–H groups in total. The molecule has 2 aromatic heterocycles. The second kappa shape index (κ2) is 6.41. The fraction of sp³-hybridized carbons (Fsp3) is 0.562. The molecular formula is C16H20N2O4S. The SMILES string of the molecule is COCCn1c(=O)n(C2CCCC2)c(=O)c2c(C)c(C=O)sc21. The summed E-state index contributed by atoms with van der Waals surface area (Å²) in [6.07, 6.45) is 4.54. The van der Waals surface area contributed by atoms with E-state index in [9.17, 15) is 14.4 Å². The van der Waals surface area contributed by atoms with Crippen molar-refractivity contribution < 1.29 is 9.53 Å². The van der Waals surface area contributed by atoms with Crippen LogP contribution in [0.4, 0.5) is 0 Å². The van der Waals surface area contributed by atoms with Crippen molar-refractivity contribution in [2.45, 2.75) is 45.2 Å². The van der Waals surface area contributed by atoms with E-state index in [0.29, 0.717) is 33.8 Å². The van der Waals surface area contributed by atoms with Crippen LogP contribution in [0.2, 0.25) is 0 Å². The number of carbonyl (C=O) groups excluding carboxylic acids is 1. The molecule has 1 saturated carbocycles. The third kappa shape index (κ3) is 2.57. The van der Waals surface area contributed by atoms with E-state index in [-0.39, 0.29) is 17.3 Å². The summed E-state index contributed by atoms with van der Waals surface area (Å²) < 4.78 is 8.09. The van der Waals surface area contributed by atoms with Gasteiger partial charge in [0, 0.05) is 13.2 Å². The van der Waals surface area contributed by atoms with Gasteiger partial charge in [-0.05, 0) is 25.3 Å². The van der Waals surface area contributed by atoms with Gasteiger partial charge in [-0.25, -0.2) is 4.79 Å². The normalized spacial score (nSPS) is 15.6. The minimum Gasteiger partial charge on any atom is -0.383 e. The summed E-state index contributed by atoms with van der Waals surface area (Å²) in [5, 5.41) is 0.500. The number of nitrogens with zero attached hydrogens (tertiary/aromatic N) is 2. The topological polar surface area (TPSA) is 70.3 Å². The quantitative estimate of drug-likeness (QED) is 0.784. The summed E-state index contributed by atoms with van der Waals surface area (Å²) in [5.41, 5.74) is 0.125. The molecule has 1 fully saturated rings. The predicted molar refractivity (Wildman–Crippen MR) is 89.9 cm³/mol. The van der Waals surface area contributed by atoms with Crippen LogP contribution in [0.25, 0.3) is 10.2 Å². The highest BCUT2D eigenvalue weighted by atomic mass is 32.1. The Morgan fingerprint density at radius 2 is 2.00 bits per heavy atom. The monoisotopic (exact) mass is 336 g/mol. The molecule has 6 nitrogen and oxygen atoms in total. The molecule has 124 valence electrons. The Morgan fingerprint density at radius 3 is 2.61 bits per heavy atom. The van der Waals surface area contributed by atoms with Crippen molar-refractivity contribution >= 4 is 27.8 Å². The molecule has 0 atom stereocenters. The number of aryl methyl sites for hydroxylation is 1. The molecule has 2 aromatic rings. The van der Waals surface area contributed by atoms with Gasteiger partial charge in [-0.1, -0.05) is 12.8 Å². The minimum absolute atomic E-state index is 0.0350. The molecule has 0 saturated heterocycles. The third-order valence-corrected chi connectivity index (χ3v) is 5.84. The Morgan fingerprint density at radius 1 is 1.30 bits per heavy atom. The van der Waals surface area contributed by atoms with Crippen LogP contribution in [0.1, 0.15) is 47.0 Å². The first-order valence-corrected chi connectivity index (χ1v) is 8.64. The fourth-order valence-corrected chi connectivity index (χ4v) is 4.49. The van der Waals surface area contributed by atoms with Crippen molar-refractivity contribution in [3.05, 3.63) is 31.3 Å². The zero-order valence-electron chi connectivity index (χ0n) is 13.3. The Kier molecular flexibility index (Phi) is 4.50. The van der Waals surface area contributed by atoms with E-state index in [1.54, 1.807) is 18.6 Å². The summed E-state index contributed by atoms with van der Waals surface area (Å²) >= 11 is 1.21. The van der Waals surface area contributed by atoms with Crippen LogP contribution in [-0.2, 0) is 11.3 Å². The predicted octanol–water partition coefficient (Wildman–Crippen LogP) is 2.11. The largest absolute Gasteiger partial charge is 0.383 e. The van der Waals surface area contributed by atoms with E-state index in [4.69, 9.17) is 4.74 Å². The van der Waals surface area contributed by atoms with Crippen molar-refractivity contribution in [1.29, 1.82) is 0 Å². The van der Waals surface area contributed by atoms with Crippen LogP contribution in [-0.4, -0.2) is 29.1 Å². The number of aromatic nitrogens is 2. The number of fused-ring (bicyclic) bond motifs is 1. The van der Waals surface area contributed by atoms with Crippen molar-refractivity contribution in [1.82, 2.24) is 9.13 Å². The maximum Gasteiger partial charge on any atom is 0.332 e. The van der Waals surface area contributed by atoms with Gasteiger partial charge in [-0.2, -0.15) is 0 Å². The molecule has 0 unspecified atom stereocenters. The van der Waals surface area contributed by atoms with Gasteiger partial charge >= 0.3 is 5.69 Å². The molecule has 0 spiro atoms. The van der Waals surface area contributed by atoms with E-state index in [1.807, 2.05) is 0 Å². The van der Waals surface area contributed by atoms with Crippen LogP contribution < -0.4 is 11.2 Å². The molecule has 0 amide bonds. The van der Waals surface area contributed by atoms with Crippen LogP contribution in [0, 0.1) is 6.92 Å². The zero-order valence-corrected chi connectivity index (χ0v) is 14.1. The summed E-state index contributed by atoms with van der Waals surface area (Å²) in [4.78, 5) is 38.1. The first-order chi connectivity index (χ1) is 11.1. The zero-order chi connectivity index (χ0) is 16.6. The minimum atomic E-state index is -0.287. The first kappa shape index (κ1) is 16.1. The van der Waals surface area contributed by atoms with Gasteiger partial charge < -0.3 is 4.74 Å². The summed E-state index contributed by atoms with van der Waals surface area (Å²) in [6, 6.07) is -0.0350. The molecule has 0 radical (unpaired) electrons. The van der Waals surface area contributed by atoms with E-state index >= 15 is 0 Å². The molecule has 7 heteroatoms. The standard InChI is InChI=1S/C16H20N2O4S/c1-10-12(9-19)23-15-13(10)14(20)18(11-5-3-4-6-11)16(21)17(15)7-8-22-2/h9,11H,3-8H2,1-2H3. The van der Waals surface area contributed by atoms with Crippen LogP contribution >= 0.6 is 11.3 Å². The Balaban J connectivity index is 2.35. The molecule has 2 heterocycles. The number of carbonyl (C=O) groups is 1. The molecule has 3 rings (SSSR count). The van der Waals surface area contributed by atoms with Gasteiger partial charge in [0.05, 0.1) is 23.4 Å². The highest BCUT2D eigenvalue weighted by Gasteiger charge is 2.25. The highest BCUT2D eigenvalue weighted by molar-refractivity contribution is 7.20. The van der Waals surface area contributed by atoms with Crippen molar-refractivity contribution in [3.63, 3.8) is 0 Å². The maximum atomic E-state index is 12.9. The van der Waals surface area contributed by atoms with Gasteiger partial charge in [0.15, 0.2) is 6.29 Å². The molecule has 0 aliphatic heterocycles. The lowest BCUT2D eigenvalue weighted by atomic mass is 10.2. The number of aldehydes is 1. The molecule has 1 aliphatic rings. The van der Waals surface area contributed by atoms with E-state index < -0.39 is 0 Å². The second-order valence-electron chi connectivity index (χ2n) is 5.93. The first-order valence-electron chi connectivity index (χ1n) is 7.82. The van der Waals surface area contributed by atoms with Crippen molar-refractivity contribution in [2.75, 3.05) is 13.7 Å². The third-order valence-electron chi connectivity index (χ3n) is 4.60. The van der Waals surface area contributed by atoms with Gasteiger partial charge in [0.1, 0.15) is 4.83 Å². The maximum absolute atomic E-state index is 12.9. The smallest absolute Gasteiger partial charge is 0.332 e. The fourth-order valence-electron chi connectivity index (χ4n) is 3.36. The Bertz CT molecular complexity index is 856. The summed E-state index contributed by atoms with van der Waals surface area (Å²) in [6.45, 7) is 2.52. The Labute approximate surface area is 137 Å². The Hall–Kier alpha value is -1.73. The molecule has 1 aliphatic carbocycles. The van der Waals surface area contributed by atoms with Gasteiger partial charge in [-0.3, -0.25) is 18.7 Å².